The Kier molecular flexibility index (Phi) is 3.25. The van der Waals surface area contributed by atoms with Gasteiger partial charge in [0.2, 0.25) is 0 Å². The van der Waals surface area contributed by atoms with Crippen LogP contribution in [0, 0.1) is 17.8 Å². The third kappa shape index (κ3) is 2.18. The highest BCUT2D eigenvalue weighted by atomic mass is 16.1. The number of hydrogen-bond acceptors (Lipinski definition) is 1. The van der Waals surface area contributed by atoms with E-state index < -0.39 is 0 Å². The maximum Gasteiger partial charge on any atom is 0.132 e. The van der Waals surface area contributed by atoms with Crippen molar-refractivity contribution in [3.8, 4) is 0 Å². The second-order valence-corrected chi connectivity index (χ2v) is 5.22. The fourth-order valence-electron chi connectivity index (χ4n) is 3.35. The van der Waals surface area contributed by atoms with Gasteiger partial charge >= 0.3 is 0 Å². The van der Waals surface area contributed by atoms with Crippen LogP contribution in [0.1, 0.15) is 58.3 Å². The molecule has 2 rings (SSSR count). The first-order valence-electron chi connectivity index (χ1n) is 6.31. The number of hydrogen-bond donors (Lipinski definition) is 0. The Labute approximate surface area is 87.3 Å². The zero-order chi connectivity index (χ0) is 9.97. The molecule has 0 N–H and O–H groups in total. The van der Waals surface area contributed by atoms with Crippen molar-refractivity contribution in [2.45, 2.75) is 58.3 Å². The summed E-state index contributed by atoms with van der Waals surface area (Å²) in [5.41, 5.74) is 0. The monoisotopic (exact) mass is 194 g/mol. The molecule has 0 aromatic heterocycles. The first-order chi connectivity index (χ1) is 6.79. The standard InChI is InChI=1S/C13H22O/c1-2-10-3-4-12(9-10)11-5-7-13(14)8-6-11/h10-12H,2-9H2,1H3. The highest BCUT2D eigenvalue weighted by molar-refractivity contribution is 5.79. The quantitative estimate of drug-likeness (QED) is 0.656. The van der Waals surface area contributed by atoms with E-state index in [4.69, 9.17) is 0 Å². The fourth-order valence-corrected chi connectivity index (χ4v) is 3.35. The molecule has 1 heteroatoms. The summed E-state index contributed by atoms with van der Waals surface area (Å²) in [6.45, 7) is 2.32. The number of Topliss-reactive ketones (excluding diaryl/α,β-unsaturated/α-hetero) is 1. The second-order valence-electron chi connectivity index (χ2n) is 5.22. The zero-order valence-corrected chi connectivity index (χ0v) is 9.30. The summed E-state index contributed by atoms with van der Waals surface area (Å²) in [5.74, 6) is 3.36. The van der Waals surface area contributed by atoms with Gasteiger partial charge in [0.05, 0.1) is 0 Å². The summed E-state index contributed by atoms with van der Waals surface area (Å²) in [6, 6.07) is 0. The molecule has 0 amide bonds. The average molecular weight is 194 g/mol. The minimum atomic E-state index is 0.506. The Morgan fingerprint density at radius 1 is 1.07 bits per heavy atom. The van der Waals surface area contributed by atoms with Crippen LogP contribution >= 0.6 is 0 Å². The lowest BCUT2D eigenvalue weighted by atomic mass is 9.78. The molecular weight excluding hydrogens is 172 g/mol. The van der Waals surface area contributed by atoms with Crippen LogP contribution in [0.25, 0.3) is 0 Å². The molecule has 2 aliphatic rings. The Hall–Kier alpha value is -0.330. The van der Waals surface area contributed by atoms with Gasteiger partial charge in [-0.25, -0.2) is 0 Å². The molecule has 0 spiro atoms. The van der Waals surface area contributed by atoms with Crippen molar-refractivity contribution in [1.29, 1.82) is 0 Å². The highest BCUT2D eigenvalue weighted by Crippen LogP contribution is 2.42. The number of carbonyl (C=O) groups is 1. The Bertz CT molecular complexity index is 199. The van der Waals surface area contributed by atoms with Crippen LogP contribution in [-0.2, 0) is 4.79 Å². The average Bonchev–Trinajstić information content (AvgIpc) is 2.67. The lowest BCUT2D eigenvalue weighted by Crippen LogP contribution is -2.20. The molecule has 2 aliphatic carbocycles. The van der Waals surface area contributed by atoms with Gasteiger partial charge < -0.3 is 0 Å². The first kappa shape index (κ1) is 10.2. The van der Waals surface area contributed by atoms with E-state index >= 15 is 0 Å². The Balaban J connectivity index is 1.82. The fraction of sp³-hybridized carbons (Fsp3) is 0.923. The molecule has 0 saturated heterocycles. The van der Waals surface area contributed by atoms with Gasteiger partial charge in [-0.05, 0) is 43.4 Å². The van der Waals surface area contributed by atoms with E-state index in [0.717, 1.165) is 30.6 Å². The molecule has 80 valence electrons. The minimum absolute atomic E-state index is 0.506. The van der Waals surface area contributed by atoms with Crippen LogP contribution in [0.5, 0.6) is 0 Å². The third-order valence-corrected chi connectivity index (χ3v) is 4.41. The van der Waals surface area contributed by atoms with Gasteiger partial charge in [0.15, 0.2) is 0 Å². The summed E-state index contributed by atoms with van der Waals surface area (Å²) in [4.78, 5) is 11.1. The van der Waals surface area contributed by atoms with E-state index in [1.807, 2.05) is 0 Å². The molecule has 2 saturated carbocycles. The maximum atomic E-state index is 11.1. The summed E-state index contributed by atoms with van der Waals surface area (Å²) in [5, 5.41) is 0. The van der Waals surface area contributed by atoms with Crippen molar-refractivity contribution in [3.63, 3.8) is 0 Å². The van der Waals surface area contributed by atoms with E-state index in [9.17, 15) is 4.79 Å². The van der Waals surface area contributed by atoms with Gasteiger partial charge in [0, 0.05) is 12.8 Å². The number of ketones is 1. The normalized spacial score (nSPS) is 35.1. The maximum absolute atomic E-state index is 11.1. The molecule has 0 bridgehead atoms. The van der Waals surface area contributed by atoms with Gasteiger partial charge in [-0.3, -0.25) is 4.79 Å². The summed E-state index contributed by atoms with van der Waals surface area (Å²) in [6.07, 6.45) is 9.84. The van der Waals surface area contributed by atoms with E-state index in [-0.39, 0.29) is 0 Å². The van der Waals surface area contributed by atoms with Gasteiger partial charge in [0.25, 0.3) is 0 Å². The largest absolute Gasteiger partial charge is 0.300 e. The van der Waals surface area contributed by atoms with Crippen molar-refractivity contribution in [2.24, 2.45) is 17.8 Å². The number of rotatable bonds is 2. The van der Waals surface area contributed by atoms with Crippen molar-refractivity contribution in [3.05, 3.63) is 0 Å². The lowest BCUT2D eigenvalue weighted by molar-refractivity contribution is -0.121. The van der Waals surface area contributed by atoms with Crippen LogP contribution in [0.4, 0.5) is 0 Å². The smallest absolute Gasteiger partial charge is 0.132 e. The molecule has 0 heterocycles. The Morgan fingerprint density at radius 2 is 1.79 bits per heavy atom. The van der Waals surface area contributed by atoms with Crippen LogP contribution in [0.2, 0.25) is 0 Å². The van der Waals surface area contributed by atoms with Gasteiger partial charge in [-0.15, -0.1) is 0 Å². The zero-order valence-electron chi connectivity index (χ0n) is 9.30. The topological polar surface area (TPSA) is 17.1 Å². The van der Waals surface area contributed by atoms with E-state index in [0.29, 0.717) is 5.78 Å². The highest BCUT2D eigenvalue weighted by Gasteiger charge is 2.31. The second kappa shape index (κ2) is 4.46. The molecule has 2 unspecified atom stereocenters. The van der Waals surface area contributed by atoms with Crippen molar-refractivity contribution in [2.75, 3.05) is 0 Å². The third-order valence-electron chi connectivity index (χ3n) is 4.41. The molecule has 2 atom stereocenters. The van der Waals surface area contributed by atoms with Crippen molar-refractivity contribution in [1.82, 2.24) is 0 Å². The first-order valence-corrected chi connectivity index (χ1v) is 6.31. The minimum Gasteiger partial charge on any atom is -0.300 e. The molecule has 0 aromatic rings. The molecule has 0 aromatic carbocycles. The predicted octanol–water partition coefficient (Wildman–Crippen LogP) is 3.57. The van der Waals surface area contributed by atoms with Crippen LogP contribution in [0.3, 0.4) is 0 Å². The Morgan fingerprint density at radius 3 is 2.36 bits per heavy atom. The molecule has 0 aliphatic heterocycles. The van der Waals surface area contributed by atoms with Crippen molar-refractivity contribution >= 4 is 5.78 Å². The van der Waals surface area contributed by atoms with E-state index in [1.165, 1.54) is 38.5 Å². The van der Waals surface area contributed by atoms with Gasteiger partial charge in [-0.2, -0.15) is 0 Å². The van der Waals surface area contributed by atoms with Crippen LogP contribution < -0.4 is 0 Å². The van der Waals surface area contributed by atoms with Gasteiger partial charge in [-0.1, -0.05) is 19.8 Å². The van der Waals surface area contributed by atoms with E-state index in [1.54, 1.807) is 0 Å². The summed E-state index contributed by atoms with van der Waals surface area (Å²) >= 11 is 0. The lowest BCUT2D eigenvalue weighted by Gasteiger charge is -2.26. The molecule has 2 fully saturated rings. The van der Waals surface area contributed by atoms with Crippen LogP contribution in [0.15, 0.2) is 0 Å². The molecular formula is C13H22O. The summed E-state index contributed by atoms with van der Waals surface area (Å²) in [7, 11) is 0. The molecule has 14 heavy (non-hydrogen) atoms. The predicted molar refractivity (Wildman–Crippen MR) is 58.1 cm³/mol. The van der Waals surface area contributed by atoms with E-state index in [2.05, 4.69) is 6.92 Å². The van der Waals surface area contributed by atoms with Gasteiger partial charge in [0.1, 0.15) is 5.78 Å². The molecule has 1 nitrogen and oxygen atoms in total. The summed E-state index contributed by atoms with van der Waals surface area (Å²) < 4.78 is 0. The number of carbonyl (C=O) groups excluding carboxylic acids is 1. The van der Waals surface area contributed by atoms with Crippen molar-refractivity contribution < 1.29 is 4.79 Å². The molecule has 0 radical (unpaired) electrons. The van der Waals surface area contributed by atoms with Crippen LogP contribution in [-0.4, -0.2) is 5.78 Å². The SMILES string of the molecule is CCC1CCC(C2CCC(=O)CC2)C1.